The van der Waals surface area contributed by atoms with Crippen molar-refractivity contribution in [3.8, 4) is 5.75 Å². The molecule has 1 N–H and O–H groups in total. The number of likely N-dealkylation sites (tertiary alicyclic amines) is 1. The summed E-state index contributed by atoms with van der Waals surface area (Å²) >= 11 is 0. The van der Waals surface area contributed by atoms with Crippen LogP contribution < -0.4 is 4.74 Å². The van der Waals surface area contributed by atoms with Crippen LogP contribution in [0.4, 0.5) is 0 Å². The average Bonchev–Trinajstić information content (AvgIpc) is 3.08. The van der Waals surface area contributed by atoms with Gasteiger partial charge in [0.15, 0.2) is 6.10 Å². The van der Waals surface area contributed by atoms with Gasteiger partial charge in [0, 0.05) is 12.6 Å². The van der Waals surface area contributed by atoms with E-state index >= 15 is 0 Å². The van der Waals surface area contributed by atoms with Crippen molar-refractivity contribution in [2.45, 2.75) is 31.4 Å². The predicted octanol–water partition coefficient (Wildman–Crippen LogP) is 1.74. The van der Waals surface area contributed by atoms with Gasteiger partial charge in [-0.1, -0.05) is 12.1 Å². The van der Waals surface area contributed by atoms with E-state index in [1.165, 1.54) is 6.42 Å². The Balaban J connectivity index is 1.75. The molecule has 0 radical (unpaired) electrons. The monoisotopic (exact) mass is 261 g/mol. The number of fused-ring (bicyclic) bond motifs is 2. The third kappa shape index (κ3) is 2.21. The molecule has 0 spiro atoms. The molecule has 0 aromatic heterocycles. The van der Waals surface area contributed by atoms with Gasteiger partial charge in [-0.15, -0.1) is 0 Å². The summed E-state index contributed by atoms with van der Waals surface area (Å²) in [5.41, 5.74) is 0.604. The summed E-state index contributed by atoms with van der Waals surface area (Å²) in [4.78, 5) is 14.2. The number of benzene rings is 1. The van der Waals surface area contributed by atoms with E-state index in [-0.39, 0.29) is 5.91 Å². The van der Waals surface area contributed by atoms with Crippen LogP contribution in [-0.2, 0) is 4.79 Å². The lowest BCUT2D eigenvalue weighted by atomic mass is 10.1. The summed E-state index contributed by atoms with van der Waals surface area (Å²) in [7, 11) is 1.58. The van der Waals surface area contributed by atoms with E-state index in [1.807, 2.05) is 4.90 Å². The summed E-state index contributed by atoms with van der Waals surface area (Å²) in [5.74, 6) is 1.14. The van der Waals surface area contributed by atoms with Crippen LogP contribution in [0.5, 0.6) is 5.75 Å². The lowest BCUT2D eigenvalue weighted by Gasteiger charge is -2.29. The fraction of sp³-hybridized carbons (Fsp3) is 0.533. The van der Waals surface area contributed by atoms with Crippen LogP contribution in [0.3, 0.4) is 0 Å². The van der Waals surface area contributed by atoms with Crippen molar-refractivity contribution in [3.63, 3.8) is 0 Å². The first-order chi connectivity index (χ1) is 9.19. The number of amides is 1. The van der Waals surface area contributed by atoms with Gasteiger partial charge in [-0.05, 0) is 42.9 Å². The van der Waals surface area contributed by atoms with E-state index in [0.29, 0.717) is 23.3 Å². The smallest absolute Gasteiger partial charge is 0.256 e. The van der Waals surface area contributed by atoms with Crippen molar-refractivity contribution >= 4 is 5.91 Å². The van der Waals surface area contributed by atoms with E-state index in [2.05, 4.69) is 0 Å². The maximum absolute atomic E-state index is 12.4. The number of methoxy groups -OCH3 is 1. The molecule has 102 valence electrons. The van der Waals surface area contributed by atoms with E-state index in [1.54, 1.807) is 31.4 Å². The minimum absolute atomic E-state index is 0.166. The molecule has 3 rings (SSSR count). The highest BCUT2D eigenvalue weighted by Gasteiger charge is 2.42. The highest BCUT2D eigenvalue weighted by Crippen LogP contribution is 2.38. The minimum atomic E-state index is -1.07. The Morgan fingerprint density at radius 1 is 1.47 bits per heavy atom. The molecule has 3 unspecified atom stereocenters. The maximum atomic E-state index is 12.4. The molecule has 1 saturated heterocycles. The second-order valence-corrected chi connectivity index (χ2v) is 5.50. The van der Waals surface area contributed by atoms with Crippen LogP contribution in [0.25, 0.3) is 0 Å². The van der Waals surface area contributed by atoms with Gasteiger partial charge in [-0.25, -0.2) is 0 Å². The topological polar surface area (TPSA) is 49.8 Å². The van der Waals surface area contributed by atoms with Crippen molar-refractivity contribution < 1.29 is 14.6 Å². The molecule has 1 saturated carbocycles. The molecule has 2 aliphatic rings. The number of aliphatic hydroxyl groups is 1. The maximum Gasteiger partial charge on any atom is 0.256 e. The number of hydrogen-bond acceptors (Lipinski definition) is 3. The van der Waals surface area contributed by atoms with Gasteiger partial charge in [-0.3, -0.25) is 4.79 Å². The number of rotatable bonds is 3. The molecular formula is C15H19NO3. The Morgan fingerprint density at radius 2 is 2.32 bits per heavy atom. The first-order valence-electron chi connectivity index (χ1n) is 6.81. The largest absolute Gasteiger partial charge is 0.497 e. The number of carbonyl (C=O) groups excluding carboxylic acids is 1. The molecule has 4 nitrogen and oxygen atoms in total. The fourth-order valence-electron chi connectivity index (χ4n) is 3.31. The number of ether oxygens (including phenoxy) is 1. The van der Waals surface area contributed by atoms with Crippen LogP contribution in [0.2, 0.25) is 0 Å². The summed E-state index contributed by atoms with van der Waals surface area (Å²) in [6.45, 7) is 0.810. The molecular weight excluding hydrogens is 242 g/mol. The molecule has 4 heteroatoms. The van der Waals surface area contributed by atoms with Gasteiger partial charge in [0.05, 0.1) is 7.11 Å². The van der Waals surface area contributed by atoms with Gasteiger partial charge in [-0.2, -0.15) is 0 Å². The van der Waals surface area contributed by atoms with Gasteiger partial charge in [0.1, 0.15) is 5.75 Å². The molecule has 3 atom stereocenters. The number of aliphatic hydroxyl groups excluding tert-OH is 1. The average molecular weight is 261 g/mol. The number of nitrogens with zero attached hydrogens (tertiary/aromatic N) is 1. The molecule has 19 heavy (non-hydrogen) atoms. The van der Waals surface area contributed by atoms with E-state index in [4.69, 9.17) is 4.74 Å². The minimum Gasteiger partial charge on any atom is -0.497 e. The first-order valence-corrected chi connectivity index (χ1v) is 6.81. The molecule has 1 amide bonds. The number of carbonyl (C=O) groups is 1. The normalized spacial score (nSPS) is 26.5. The van der Waals surface area contributed by atoms with E-state index in [0.717, 1.165) is 19.4 Å². The lowest BCUT2D eigenvalue weighted by molar-refractivity contribution is -0.142. The zero-order valence-electron chi connectivity index (χ0n) is 11.1. The Labute approximate surface area is 113 Å². The van der Waals surface area contributed by atoms with Crippen LogP contribution >= 0.6 is 0 Å². The molecule has 1 heterocycles. The molecule has 2 bridgehead atoms. The summed E-state index contributed by atoms with van der Waals surface area (Å²) in [6, 6.07) is 7.42. The second kappa shape index (κ2) is 4.85. The highest BCUT2D eigenvalue weighted by atomic mass is 16.5. The van der Waals surface area contributed by atoms with Crippen LogP contribution in [-0.4, -0.2) is 35.6 Å². The lowest BCUT2D eigenvalue weighted by Crippen LogP contribution is -2.40. The van der Waals surface area contributed by atoms with Gasteiger partial charge >= 0.3 is 0 Å². The number of hydrogen-bond donors (Lipinski definition) is 1. The highest BCUT2D eigenvalue weighted by molar-refractivity contribution is 5.83. The first kappa shape index (κ1) is 12.5. The Hall–Kier alpha value is -1.55. The molecule has 2 fully saturated rings. The van der Waals surface area contributed by atoms with Gasteiger partial charge < -0.3 is 14.7 Å². The predicted molar refractivity (Wildman–Crippen MR) is 70.8 cm³/mol. The Morgan fingerprint density at radius 3 is 2.95 bits per heavy atom. The Kier molecular flexibility index (Phi) is 3.19. The zero-order valence-corrected chi connectivity index (χ0v) is 11.1. The molecule has 1 aliphatic carbocycles. The molecule has 1 aromatic rings. The third-order valence-corrected chi connectivity index (χ3v) is 4.34. The molecule has 1 aromatic carbocycles. The quantitative estimate of drug-likeness (QED) is 0.901. The fourth-order valence-corrected chi connectivity index (χ4v) is 3.31. The summed E-state index contributed by atoms with van der Waals surface area (Å²) in [6.07, 6.45) is 2.34. The number of piperidine rings is 1. The molecule has 1 aliphatic heterocycles. The van der Waals surface area contributed by atoms with E-state index in [9.17, 15) is 9.90 Å². The zero-order chi connectivity index (χ0) is 13.4. The van der Waals surface area contributed by atoms with Crippen LogP contribution in [0.15, 0.2) is 24.3 Å². The van der Waals surface area contributed by atoms with Crippen molar-refractivity contribution in [3.05, 3.63) is 29.8 Å². The summed E-state index contributed by atoms with van der Waals surface area (Å²) in [5, 5.41) is 10.3. The van der Waals surface area contributed by atoms with Crippen molar-refractivity contribution in [1.82, 2.24) is 4.90 Å². The van der Waals surface area contributed by atoms with Crippen LogP contribution in [0.1, 0.15) is 30.9 Å². The third-order valence-electron chi connectivity index (χ3n) is 4.34. The standard InChI is InChI=1S/C15H19NO3/c1-19-13-4-2-3-11(8-13)14(17)15(18)16-9-10-5-6-12(16)7-10/h2-4,8,10,12,14,17H,5-7,9H2,1H3. The SMILES string of the molecule is COc1cccc(C(O)C(=O)N2CC3CCC2C3)c1. The Bertz CT molecular complexity index is 488. The van der Waals surface area contributed by atoms with Gasteiger partial charge in [0.25, 0.3) is 5.91 Å². The van der Waals surface area contributed by atoms with Crippen molar-refractivity contribution in [1.29, 1.82) is 0 Å². The van der Waals surface area contributed by atoms with E-state index < -0.39 is 6.10 Å². The van der Waals surface area contributed by atoms with Gasteiger partial charge in [0.2, 0.25) is 0 Å². The second-order valence-electron chi connectivity index (χ2n) is 5.50. The van der Waals surface area contributed by atoms with Crippen molar-refractivity contribution in [2.24, 2.45) is 5.92 Å². The van der Waals surface area contributed by atoms with Crippen molar-refractivity contribution in [2.75, 3.05) is 13.7 Å². The summed E-state index contributed by atoms with van der Waals surface area (Å²) < 4.78 is 5.12. The van der Waals surface area contributed by atoms with Crippen LogP contribution in [0, 0.1) is 5.92 Å².